The summed E-state index contributed by atoms with van der Waals surface area (Å²) in [6, 6.07) is -0.445. The molecule has 0 radical (unpaired) electrons. The second-order valence-electron chi connectivity index (χ2n) is 5.02. The van der Waals surface area contributed by atoms with Crippen molar-refractivity contribution >= 4 is 0 Å². The molecule has 14 heavy (non-hydrogen) atoms. The average Bonchev–Trinajstić information content (AvgIpc) is 2.28. The fraction of sp³-hybridized carbons (Fsp3) is 1.00. The summed E-state index contributed by atoms with van der Waals surface area (Å²) in [5.41, 5.74) is 5.68. The molecule has 4 N–H and O–H groups in total. The lowest BCUT2D eigenvalue weighted by atomic mass is 9.62. The van der Waals surface area contributed by atoms with Crippen molar-refractivity contribution in [3.63, 3.8) is 0 Å². The first kappa shape index (κ1) is 10.4. The molecule has 3 saturated carbocycles. The summed E-state index contributed by atoms with van der Waals surface area (Å²) in [7, 11) is 0. The van der Waals surface area contributed by atoms with Crippen LogP contribution in [0.2, 0.25) is 0 Å². The van der Waals surface area contributed by atoms with Crippen LogP contribution in [0.15, 0.2) is 0 Å². The van der Waals surface area contributed by atoms with Crippen LogP contribution in [0.3, 0.4) is 0 Å². The molecule has 3 aliphatic rings. The summed E-state index contributed by atoms with van der Waals surface area (Å²) in [4.78, 5) is 0. The molecule has 3 nitrogen and oxygen atoms in total. The van der Waals surface area contributed by atoms with Gasteiger partial charge in [0, 0.05) is 0 Å². The van der Waals surface area contributed by atoms with Crippen LogP contribution in [0, 0.1) is 17.8 Å². The second kappa shape index (κ2) is 4.17. The number of rotatable bonds is 3. The Morgan fingerprint density at radius 3 is 2.29 bits per heavy atom. The van der Waals surface area contributed by atoms with E-state index in [4.69, 9.17) is 10.8 Å². The fourth-order valence-electron chi connectivity index (χ4n) is 3.27. The standard InChI is InChI=1S/C11H21NO2/c12-10(6-13)11(14)9-5-7-1-3-8(9)4-2-7/h7-11,13-14H,1-6,12H2. The van der Waals surface area contributed by atoms with Gasteiger partial charge in [0.25, 0.3) is 0 Å². The van der Waals surface area contributed by atoms with Gasteiger partial charge >= 0.3 is 0 Å². The first-order chi connectivity index (χ1) is 6.72. The van der Waals surface area contributed by atoms with E-state index in [-0.39, 0.29) is 6.61 Å². The number of hydrogen-bond donors (Lipinski definition) is 3. The van der Waals surface area contributed by atoms with Crippen LogP contribution in [0.4, 0.5) is 0 Å². The molecule has 3 unspecified atom stereocenters. The third-order valence-corrected chi connectivity index (χ3v) is 4.19. The number of hydrogen-bond acceptors (Lipinski definition) is 3. The van der Waals surface area contributed by atoms with E-state index in [2.05, 4.69) is 0 Å². The van der Waals surface area contributed by atoms with Gasteiger partial charge in [0.2, 0.25) is 0 Å². The molecule has 0 aromatic carbocycles. The number of aliphatic hydroxyl groups excluding tert-OH is 2. The van der Waals surface area contributed by atoms with Crippen LogP contribution in [-0.4, -0.2) is 29.0 Å². The Balaban J connectivity index is 1.97. The van der Waals surface area contributed by atoms with Gasteiger partial charge in [0.15, 0.2) is 0 Å². The van der Waals surface area contributed by atoms with E-state index in [0.717, 1.165) is 12.3 Å². The molecule has 82 valence electrons. The van der Waals surface area contributed by atoms with E-state index in [1.54, 1.807) is 0 Å². The number of aliphatic hydroxyl groups is 2. The normalized spacial score (nSPS) is 40.9. The average molecular weight is 199 g/mol. The van der Waals surface area contributed by atoms with Gasteiger partial charge in [-0.15, -0.1) is 0 Å². The van der Waals surface area contributed by atoms with Gasteiger partial charge in [-0.25, -0.2) is 0 Å². The number of nitrogens with two attached hydrogens (primary N) is 1. The maximum absolute atomic E-state index is 9.98. The Labute approximate surface area is 85.3 Å². The van der Waals surface area contributed by atoms with Crippen molar-refractivity contribution in [2.24, 2.45) is 23.5 Å². The molecule has 0 aromatic heterocycles. The van der Waals surface area contributed by atoms with E-state index in [1.165, 1.54) is 25.7 Å². The molecule has 2 bridgehead atoms. The molecule has 0 aliphatic heterocycles. The van der Waals surface area contributed by atoms with E-state index in [0.29, 0.717) is 11.8 Å². The highest BCUT2D eigenvalue weighted by atomic mass is 16.3. The van der Waals surface area contributed by atoms with Crippen LogP contribution in [0.5, 0.6) is 0 Å². The largest absolute Gasteiger partial charge is 0.395 e. The first-order valence-electron chi connectivity index (χ1n) is 5.77. The molecule has 0 heterocycles. The molecule has 3 heteroatoms. The Hall–Kier alpha value is -0.120. The zero-order valence-corrected chi connectivity index (χ0v) is 8.60. The molecule has 0 aromatic rings. The zero-order valence-electron chi connectivity index (χ0n) is 8.60. The Kier molecular flexibility index (Phi) is 3.10. The summed E-state index contributed by atoms with van der Waals surface area (Å²) in [6.45, 7) is -0.102. The Morgan fingerprint density at radius 1 is 1.21 bits per heavy atom. The van der Waals surface area contributed by atoms with Crippen LogP contribution in [0.1, 0.15) is 32.1 Å². The highest BCUT2D eigenvalue weighted by Crippen LogP contribution is 2.46. The molecule has 0 amide bonds. The van der Waals surface area contributed by atoms with E-state index in [1.807, 2.05) is 0 Å². The molecule has 3 fully saturated rings. The maximum Gasteiger partial charge on any atom is 0.0744 e. The third-order valence-electron chi connectivity index (χ3n) is 4.19. The van der Waals surface area contributed by atoms with Crippen molar-refractivity contribution in [2.45, 2.75) is 44.2 Å². The van der Waals surface area contributed by atoms with Crippen LogP contribution in [-0.2, 0) is 0 Å². The smallest absolute Gasteiger partial charge is 0.0744 e. The van der Waals surface area contributed by atoms with E-state index < -0.39 is 12.1 Å². The predicted octanol–water partition coefficient (Wildman–Crippen LogP) is 0.493. The number of fused-ring (bicyclic) bond motifs is 3. The van der Waals surface area contributed by atoms with Crippen molar-refractivity contribution in [3.8, 4) is 0 Å². The Morgan fingerprint density at radius 2 is 1.86 bits per heavy atom. The first-order valence-corrected chi connectivity index (χ1v) is 5.77. The lowest BCUT2D eigenvalue weighted by Gasteiger charge is -2.45. The predicted molar refractivity (Wildman–Crippen MR) is 54.6 cm³/mol. The highest BCUT2D eigenvalue weighted by Gasteiger charge is 2.40. The minimum atomic E-state index is -0.493. The summed E-state index contributed by atoms with van der Waals surface area (Å²) in [5.74, 6) is 1.82. The molecule has 3 atom stereocenters. The van der Waals surface area contributed by atoms with E-state index in [9.17, 15) is 5.11 Å². The van der Waals surface area contributed by atoms with Crippen molar-refractivity contribution in [1.29, 1.82) is 0 Å². The molecule has 3 rings (SSSR count). The fourth-order valence-corrected chi connectivity index (χ4v) is 3.27. The van der Waals surface area contributed by atoms with Gasteiger partial charge in [0.1, 0.15) is 0 Å². The monoisotopic (exact) mass is 199 g/mol. The Bertz CT molecular complexity index is 190. The lowest BCUT2D eigenvalue weighted by molar-refractivity contribution is -0.0243. The van der Waals surface area contributed by atoms with Crippen molar-refractivity contribution in [3.05, 3.63) is 0 Å². The minimum Gasteiger partial charge on any atom is -0.395 e. The SMILES string of the molecule is NC(CO)C(O)C1CC2CCC1CC2. The highest BCUT2D eigenvalue weighted by molar-refractivity contribution is 4.92. The topological polar surface area (TPSA) is 66.5 Å². The summed E-state index contributed by atoms with van der Waals surface area (Å²) in [6.07, 6.45) is 5.81. The second-order valence-corrected chi connectivity index (χ2v) is 5.02. The lowest BCUT2D eigenvalue weighted by Crippen LogP contribution is -2.48. The molecule has 0 spiro atoms. The van der Waals surface area contributed by atoms with Gasteiger partial charge in [-0.2, -0.15) is 0 Å². The van der Waals surface area contributed by atoms with Crippen LogP contribution >= 0.6 is 0 Å². The summed E-state index contributed by atoms with van der Waals surface area (Å²) in [5, 5.41) is 18.9. The van der Waals surface area contributed by atoms with Gasteiger partial charge in [-0.1, -0.05) is 12.8 Å². The van der Waals surface area contributed by atoms with Gasteiger partial charge in [-0.05, 0) is 37.0 Å². The minimum absolute atomic E-state index is 0.102. The molecular weight excluding hydrogens is 178 g/mol. The van der Waals surface area contributed by atoms with Gasteiger partial charge in [0.05, 0.1) is 18.8 Å². The van der Waals surface area contributed by atoms with Crippen molar-refractivity contribution < 1.29 is 10.2 Å². The summed E-state index contributed by atoms with van der Waals surface area (Å²) < 4.78 is 0. The maximum atomic E-state index is 9.98. The zero-order chi connectivity index (χ0) is 10.1. The third kappa shape index (κ3) is 1.81. The molecular formula is C11H21NO2. The summed E-state index contributed by atoms with van der Waals surface area (Å²) >= 11 is 0. The molecule has 0 saturated heterocycles. The quantitative estimate of drug-likeness (QED) is 0.620. The van der Waals surface area contributed by atoms with E-state index >= 15 is 0 Å². The molecule has 3 aliphatic carbocycles. The van der Waals surface area contributed by atoms with Crippen molar-refractivity contribution in [1.82, 2.24) is 0 Å². The van der Waals surface area contributed by atoms with Crippen LogP contribution in [0.25, 0.3) is 0 Å². The van der Waals surface area contributed by atoms with Gasteiger partial charge in [-0.3, -0.25) is 0 Å². The van der Waals surface area contributed by atoms with Crippen molar-refractivity contribution in [2.75, 3.05) is 6.61 Å². The van der Waals surface area contributed by atoms with Crippen LogP contribution < -0.4 is 5.73 Å². The van der Waals surface area contributed by atoms with Gasteiger partial charge < -0.3 is 15.9 Å².